The lowest BCUT2D eigenvalue weighted by Crippen LogP contribution is -2.18. The van der Waals surface area contributed by atoms with Crippen LogP contribution in [0.2, 0.25) is 0 Å². The predicted octanol–water partition coefficient (Wildman–Crippen LogP) is -0.124. The zero-order valence-corrected chi connectivity index (χ0v) is 5.34. The third-order valence-corrected chi connectivity index (χ3v) is 1.87. The maximum atomic E-state index is 8.38. The summed E-state index contributed by atoms with van der Waals surface area (Å²) in [5, 5.41) is 6.56. The summed E-state index contributed by atoms with van der Waals surface area (Å²) in [6, 6.07) is 0. The Balaban J connectivity index is 3.54. The molecule has 5 heteroatoms. The Hall–Kier alpha value is 0.190. The van der Waals surface area contributed by atoms with E-state index in [0.717, 1.165) is 4.31 Å². The number of hydrogen-bond donors (Lipinski definition) is 2. The minimum atomic E-state index is -3.65. The Labute approximate surface area is 44.5 Å². The van der Waals surface area contributed by atoms with Gasteiger partial charge in [-0.1, -0.05) is 0 Å². The highest BCUT2D eigenvalue weighted by Crippen LogP contribution is 2.32. The molecule has 47 valence electrons. The normalized spacial score (nSPS) is 15.1. The van der Waals surface area contributed by atoms with Crippen LogP contribution in [0.3, 0.4) is 0 Å². The molecule has 0 spiro atoms. The van der Waals surface area contributed by atoms with Crippen molar-refractivity contribution in [3.05, 3.63) is 0 Å². The van der Waals surface area contributed by atoms with Gasteiger partial charge in [-0.2, -0.15) is 5.14 Å². The first kappa shape index (κ1) is 7.19. The Bertz CT molecular complexity index is 59.2. The van der Waals surface area contributed by atoms with Gasteiger partial charge >= 0.3 is 0 Å². The first-order chi connectivity index (χ1) is 2.94. The van der Waals surface area contributed by atoms with Gasteiger partial charge < -0.3 is 9.11 Å². The van der Waals surface area contributed by atoms with Crippen molar-refractivity contribution in [2.24, 2.45) is 0 Å². The Morgan fingerprint density at radius 1 is 1.43 bits per heavy atom. The average molecular weight is 127 g/mol. The molecule has 0 aliphatic heterocycles. The van der Waals surface area contributed by atoms with Crippen molar-refractivity contribution in [3.8, 4) is 0 Å². The summed E-state index contributed by atoms with van der Waals surface area (Å²) in [6.07, 6.45) is 0. The van der Waals surface area contributed by atoms with Gasteiger partial charge in [0.2, 0.25) is 0 Å². The summed E-state index contributed by atoms with van der Waals surface area (Å²) in [4.78, 5) is 0. The van der Waals surface area contributed by atoms with E-state index in [1.165, 1.54) is 14.1 Å². The van der Waals surface area contributed by atoms with Gasteiger partial charge in [-0.05, 0) is 0 Å². The van der Waals surface area contributed by atoms with Gasteiger partial charge in [0.1, 0.15) is 0 Å². The summed E-state index contributed by atoms with van der Waals surface area (Å²) in [7, 11) is -0.736. The molecule has 0 atom stereocenters. The topological polar surface area (TPSA) is 67.5 Å². The van der Waals surface area contributed by atoms with Crippen molar-refractivity contribution < 1.29 is 9.11 Å². The van der Waals surface area contributed by atoms with Crippen molar-refractivity contribution in [1.29, 1.82) is 0 Å². The van der Waals surface area contributed by atoms with E-state index < -0.39 is 11.0 Å². The molecule has 3 N–H and O–H groups in total. The highest BCUT2D eigenvalue weighted by molar-refractivity contribution is 8.19. The number of rotatable bonds is 1. The number of nitrogens with one attached hydrogen (secondary N) is 1. The number of hydrogen-bond acceptors (Lipinski definition) is 3. The first-order valence-corrected chi connectivity index (χ1v) is 3.66. The molecule has 0 bridgehead atoms. The minimum absolute atomic E-state index is 1.10. The summed E-state index contributed by atoms with van der Waals surface area (Å²) in [6.45, 7) is 0. The molecule has 0 unspecified atom stereocenters. The van der Waals surface area contributed by atoms with E-state index in [4.69, 9.17) is 14.2 Å². The van der Waals surface area contributed by atoms with E-state index in [0.29, 0.717) is 0 Å². The van der Waals surface area contributed by atoms with Gasteiger partial charge in [0.15, 0.2) is 0 Å². The van der Waals surface area contributed by atoms with Crippen molar-refractivity contribution in [2.45, 2.75) is 0 Å². The van der Waals surface area contributed by atoms with E-state index in [1.807, 2.05) is 0 Å². The molecule has 7 heavy (non-hydrogen) atoms. The van der Waals surface area contributed by atoms with Gasteiger partial charge in [-0.25, -0.2) is 15.3 Å². The van der Waals surface area contributed by atoms with Crippen molar-refractivity contribution in [2.75, 3.05) is 14.1 Å². The Morgan fingerprint density at radius 2 is 1.57 bits per heavy atom. The molecular weight excluding hydrogens is 116 g/mol. The minimum Gasteiger partial charge on any atom is -0.307 e. The zero-order valence-electron chi connectivity index (χ0n) is 4.34. The molecule has 0 aliphatic carbocycles. The molecule has 0 aromatic heterocycles. The van der Waals surface area contributed by atoms with Gasteiger partial charge in [0.25, 0.3) is 0 Å². The van der Waals surface area contributed by atoms with E-state index in [9.17, 15) is 0 Å². The molecule has 4 nitrogen and oxygen atoms in total. The van der Waals surface area contributed by atoms with Crippen LogP contribution in [0.4, 0.5) is 0 Å². The highest BCUT2D eigenvalue weighted by Gasteiger charge is 1.97. The van der Waals surface area contributed by atoms with Crippen LogP contribution < -0.4 is 5.14 Å². The lowest BCUT2D eigenvalue weighted by molar-refractivity contribution is 0.413. The summed E-state index contributed by atoms with van der Waals surface area (Å²) < 4.78 is 17.9. The molecule has 0 saturated heterocycles. The van der Waals surface area contributed by atoms with Crippen molar-refractivity contribution in [3.63, 3.8) is 0 Å². The summed E-state index contributed by atoms with van der Waals surface area (Å²) in [5.74, 6) is 0. The van der Waals surface area contributed by atoms with Gasteiger partial charge in [0, 0.05) is 14.1 Å². The maximum absolute atomic E-state index is 8.38. The second kappa shape index (κ2) is 1.97. The Morgan fingerprint density at radius 3 is 1.57 bits per heavy atom. The smallest absolute Gasteiger partial charge is 0.00385 e. The molecular formula is C2H11N2O2S. The van der Waals surface area contributed by atoms with Crippen LogP contribution >= 0.6 is 11.0 Å². The van der Waals surface area contributed by atoms with E-state index in [2.05, 4.69) is 0 Å². The zero-order chi connectivity index (χ0) is 6.08. The van der Waals surface area contributed by atoms with Gasteiger partial charge in [0.05, 0.1) is 0 Å². The molecule has 1 radical (unpaired) electrons. The fourth-order valence-electron chi connectivity index (χ4n) is 0. The molecule has 0 aliphatic rings. The van der Waals surface area contributed by atoms with Crippen LogP contribution in [0.1, 0.15) is 0 Å². The standard InChI is InChI=1S/C2H11N2O2S/c1-4(2)7(3,5)6/h3,5-6H,7H2,1-2H3. The van der Waals surface area contributed by atoms with Gasteiger partial charge in [-0.3, -0.25) is 0 Å². The summed E-state index contributed by atoms with van der Waals surface area (Å²) >= 11 is 0. The molecule has 0 heterocycles. The SMILES string of the molecule is CN(C)[SH2]([NH])(O)O. The largest absolute Gasteiger partial charge is 0.307 e. The van der Waals surface area contributed by atoms with Crippen molar-refractivity contribution in [1.82, 2.24) is 9.44 Å². The quantitative estimate of drug-likeness (QED) is 0.516. The fourth-order valence-corrected chi connectivity index (χ4v) is 0. The molecule has 0 saturated carbocycles. The van der Waals surface area contributed by atoms with E-state index >= 15 is 0 Å². The molecule has 0 aromatic carbocycles. The predicted molar refractivity (Wildman–Crippen MR) is 32.4 cm³/mol. The van der Waals surface area contributed by atoms with Crippen LogP contribution in [0.15, 0.2) is 0 Å². The van der Waals surface area contributed by atoms with Crippen LogP contribution in [0, 0.1) is 0 Å². The molecule has 0 aromatic rings. The second-order valence-electron chi connectivity index (χ2n) is 1.53. The molecule has 0 amide bonds. The number of nitrogens with zero attached hydrogens (tertiary/aromatic N) is 1. The fraction of sp³-hybridized carbons (Fsp3) is 1.00. The van der Waals surface area contributed by atoms with Gasteiger partial charge in [-0.15, -0.1) is 0 Å². The van der Waals surface area contributed by atoms with E-state index in [1.54, 1.807) is 0 Å². The van der Waals surface area contributed by atoms with Crippen LogP contribution in [0.25, 0.3) is 0 Å². The van der Waals surface area contributed by atoms with Crippen LogP contribution in [-0.4, -0.2) is 27.5 Å². The third kappa shape index (κ3) is 2.84. The molecule has 0 fully saturated rings. The second-order valence-corrected chi connectivity index (χ2v) is 3.70. The van der Waals surface area contributed by atoms with Crippen LogP contribution in [0.5, 0.6) is 0 Å². The van der Waals surface area contributed by atoms with E-state index in [-0.39, 0.29) is 0 Å². The lowest BCUT2D eigenvalue weighted by atomic mass is 11.3. The Kier molecular flexibility index (Phi) is 2.03. The lowest BCUT2D eigenvalue weighted by Gasteiger charge is -2.39. The maximum Gasteiger partial charge on any atom is 0.00385 e. The highest BCUT2D eigenvalue weighted by atomic mass is 32.3. The average Bonchev–Trinajstić information content (AvgIpc) is 1.31. The first-order valence-electron chi connectivity index (χ1n) is 1.82. The molecule has 0 rings (SSSR count). The monoisotopic (exact) mass is 127 g/mol. The third-order valence-electron chi connectivity index (χ3n) is 0.624. The summed E-state index contributed by atoms with van der Waals surface area (Å²) in [5.41, 5.74) is 0. The van der Waals surface area contributed by atoms with Crippen molar-refractivity contribution >= 4 is 11.0 Å². The van der Waals surface area contributed by atoms with Crippen LogP contribution in [-0.2, 0) is 0 Å².